The van der Waals surface area contributed by atoms with Crippen molar-refractivity contribution >= 4 is 56.5 Å². The number of aryl methyl sites for hydroxylation is 3. The van der Waals surface area contributed by atoms with Gasteiger partial charge in [0.2, 0.25) is 0 Å². The minimum absolute atomic E-state index is 0.224. The lowest BCUT2D eigenvalue weighted by Gasteiger charge is -2.06. The van der Waals surface area contributed by atoms with E-state index in [-0.39, 0.29) is 5.57 Å². The van der Waals surface area contributed by atoms with Gasteiger partial charge >= 0.3 is 5.97 Å². The molecule has 0 atom stereocenters. The molecular formula is C38H42N2O2S2. The molecule has 0 spiro atoms. The van der Waals surface area contributed by atoms with Gasteiger partial charge in [-0.15, -0.1) is 22.7 Å². The van der Waals surface area contributed by atoms with Crippen LogP contribution in [0.25, 0.3) is 48.1 Å². The SMILES string of the molecule is CCCCCCc1cc(-c2sc(/C=C(\C#N)C(=O)O)cc2CCCCCC)sc1-c1ccc2c(c1)c1ccccc1n2CC. The lowest BCUT2D eigenvalue weighted by atomic mass is 10.0. The number of aromatic nitrogens is 1. The molecule has 0 fully saturated rings. The zero-order valence-electron chi connectivity index (χ0n) is 26.1. The van der Waals surface area contributed by atoms with Gasteiger partial charge in [-0.1, -0.05) is 76.6 Å². The highest BCUT2D eigenvalue weighted by Crippen LogP contribution is 2.45. The molecule has 5 rings (SSSR count). The Morgan fingerprint density at radius 3 is 2.16 bits per heavy atom. The number of benzene rings is 2. The van der Waals surface area contributed by atoms with Crippen LogP contribution in [0, 0.1) is 11.3 Å². The standard InChI is InChI=1S/C38H42N2O2S2/c1-4-7-9-11-15-26-21-30(22-29(25-39)38(41)42)43-37(26)35-24-27(16-12-10-8-5-2)36(44-35)28-19-20-34-32(23-28)31-17-13-14-18-33(31)40(34)6-3/h13-14,17-24H,4-12,15-16H2,1-3H3,(H,41,42)/b29-22+. The number of aliphatic carboxylic acids is 1. The van der Waals surface area contributed by atoms with Crippen molar-refractivity contribution in [2.24, 2.45) is 0 Å². The summed E-state index contributed by atoms with van der Waals surface area (Å²) in [6, 6.07) is 22.0. The van der Waals surface area contributed by atoms with Gasteiger partial charge < -0.3 is 9.67 Å². The molecule has 5 aromatic rings. The molecule has 0 amide bonds. The number of hydrogen-bond acceptors (Lipinski definition) is 4. The maximum absolute atomic E-state index is 11.6. The molecule has 0 aliphatic rings. The Hall–Kier alpha value is -3.66. The zero-order chi connectivity index (χ0) is 31.1. The molecular weight excluding hydrogens is 581 g/mol. The summed E-state index contributed by atoms with van der Waals surface area (Å²) in [4.78, 5) is 16.2. The van der Waals surface area contributed by atoms with Crippen molar-refractivity contribution < 1.29 is 9.90 Å². The van der Waals surface area contributed by atoms with E-state index in [2.05, 4.69) is 79.9 Å². The second kappa shape index (κ2) is 14.9. The number of rotatable bonds is 15. The molecule has 6 heteroatoms. The van der Waals surface area contributed by atoms with E-state index in [0.717, 1.165) is 30.7 Å². The fourth-order valence-corrected chi connectivity index (χ4v) is 8.69. The Balaban J connectivity index is 1.61. The summed E-state index contributed by atoms with van der Waals surface area (Å²) in [6.45, 7) is 7.62. The van der Waals surface area contributed by atoms with Gasteiger partial charge in [0, 0.05) is 47.9 Å². The third kappa shape index (κ3) is 6.85. The van der Waals surface area contributed by atoms with E-state index < -0.39 is 5.97 Å². The molecule has 0 unspecified atom stereocenters. The van der Waals surface area contributed by atoms with Crippen LogP contribution < -0.4 is 0 Å². The number of carboxylic acid groups (broad SMARTS) is 1. The molecule has 0 aliphatic heterocycles. The molecule has 4 nitrogen and oxygen atoms in total. The van der Waals surface area contributed by atoms with E-state index in [9.17, 15) is 15.2 Å². The fraction of sp³-hybridized carbons (Fsp3) is 0.368. The highest BCUT2D eigenvalue weighted by molar-refractivity contribution is 7.24. The first-order chi connectivity index (χ1) is 21.5. The lowest BCUT2D eigenvalue weighted by Crippen LogP contribution is -1.96. The Kier molecular flexibility index (Phi) is 10.7. The van der Waals surface area contributed by atoms with Crippen LogP contribution in [0.5, 0.6) is 0 Å². The predicted octanol–water partition coefficient (Wildman–Crippen LogP) is 11.5. The van der Waals surface area contributed by atoms with E-state index in [0.29, 0.717) is 0 Å². The largest absolute Gasteiger partial charge is 0.477 e. The van der Waals surface area contributed by atoms with Crippen LogP contribution >= 0.6 is 22.7 Å². The van der Waals surface area contributed by atoms with E-state index in [4.69, 9.17) is 0 Å². The van der Waals surface area contributed by atoms with Gasteiger partial charge in [-0.25, -0.2) is 4.79 Å². The van der Waals surface area contributed by atoms with Crippen LogP contribution in [0.4, 0.5) is 0 Å². The fourth-order valence-electron chi connectivity index (χ4n) is 6.19. The molecule has 0 saturated heterocycles. The average Bonchev–Trinajstić information content (AvgIpc) is 3.73. The van der Waals surface area contributed by atoms with Crippen LogP contribution in [-0.4, -0.2) is 15.6 Å². The molecule has 3 aromatic heterocycles. The maximum atomic E-state index is 11.6. The van der Waals surface area contributed by atoms with Crippen LogP contribution in [0.1, 0.15) is 88.1 Å². The molecule has 1 N–H and O–H groups in total. The van der Waals surface area contributed by atoms with E-state index in [1.54, 1.807) is 11.3 Å². The predicted molar refractivity (Wildman–Crippen MR) is 189 cm³/mol. The summed E-state index contributed by atoms with van der Waals surface area (Å²) in [6.07, 6.45) is 13.1. The Morgan fingerprint density at radius 2 is 1.50 bits per heavy atom. The first-order valence-electron chi connectivity index (χ1n) is 16.1. The smallest absolute Gasteiger partial charge is 0.346 e. The van der Waals surface area contributed by atoms with Crippen molar-refractivity contribution in [3.05, 3.63) is 76.2 Å². The average molecular weight is 623 g/mol. The number of fused-ring (bicyclic) bond motifs is 3. The van der Waals surface area contributed by atoms with E-state index in [1.165, 1.54) is 104 Å². The third-order valence-corrected chi connectivity index (χ3v) is 11.0. The number of para-hydroxylation sites is 1. The maximum Gasteiger partial charge on any atom is 0.346 e. The second-order valence-corrected chi connectivity index (χ2v) is 13.7. The number of carbonyl (C=O) groups is 1. The van der Waals surface area contributed by atoms with Gasteiger partial charge in [-0.2, -0.15) is 5.26 Å². The molecule has 44 heavy (non-hydrogen) atoms. The zero-order valence-corrected chi connectivity index (χ0v) is 27.8. The summed E-state index contributed by atoms with van der Waals surface area (Å²) >= 11 is 3.47. The Bertz CT molecular complexity index is 1830. The van der Waals surface area contributed by atoms with Crippen molar-refractivity contribution in [2.75, 3.05) is 0 Å². The molecule has 3 heterocycles. The van der Waals surface area contributed by atoms with E-state index in [1.807, 2.05) is 17.4 Å². The van der Waals surface area contributed by atoms with Gasteiger partial charge in [0.1, 0.15) is 11.6 Å². The summed E-state index contributed by atoms with van der Waals surface area (Å²) in [5, 5.41) is 21.5. The molecule has 0 saturated carbocycles. The Morgan fingerprint density at radius 1 is 0.818 bits per heavy atom. The number of thiophene rings is 2. The molecule has 2 aromatic carbocycles. The van der Waals surface area contributed by atoms with Crippen molar-refractivity contribution in [3.8, 4) is 26.3 Å². The van der Waals surface area contributed by atoms with Gasteiger partial charge in [0.15, 0.2) is 0 Å². The van der Waals surface area contributed by atoms with Crippen molar-refractivity contribution in [1.29, 1.82) is 5.26 Å². The number of nitrogens with zero attached hydrogens (tertiary/aromatic N) is 2. The first-order valence-corrected chi connectivity index (χ1v) is 17.7. The number of unbranched alkanes of at least 4 members (excludes halogenated alkanes) is 6. The summed E-state index contributed by atoms with van der Waals surface area (Å²) < 4.78 is 2.40. The van der Waals surface area contributed by atoms with Gasteiger partial charge in [-0.3, -0.25) is 0 Å². The normalized spacial score (nSPS) is 11.9. The van der Waals surface area contributed by atoms with Crippen molar-refractivity contribution in [1.82, 2.24) is 4.57 Å². The number of carboxylic acids is 1. The minimum Gasteiger partial charge on any atom is -0.477 e. The Labute approximate surface area is 269 Å². The lowest BCUT2D eigenvalue weighted by molar-refractivity contribution is -0.132. The van der Waals surface area contributed by atoms with Crippen LogP contribution in [0.3, 0.4) is 0 Å². The highest BCUT2D eigenvalue weighted by Gasteiger charge is 2.19. The van der Waals surface area contributed by atoms with Crippen LogP contribution in [0.2, 0.25) is 0 Å². The van der Waals surface area contributed by atoms with E-state index >= 15 is 0 Å². The monoisotopic (exact) mass is 622 g/mol. The van der Waals surface area contributed by atoms with Gasteiger partial charge in [0.25, 0.3) is 0 Å². The van der Waals surface area contributed by atoms with Crippen LogP contribution in [-0.2, 0) is 24.2 Å². The molecule has 0 bridgehead atoms. The van der Waals surface area contributed by atoms with Gasteiger partial charge in [-0.05, 0) is 85.7 Å². The first kappa shape index (κ1) is 31.8. The number of nitriles is 1. The molecule has 0 aliphatic carbocycles. The second-order valence-electron chi connectivity index (χ2n) is 11.6. The topological polar surface area (TPSA) is 66.0 Å². The summed E-state index contributed by atoms with van der Waals surface area (Å²) in [5.74, 6) is -1.18. The quantitative estimate of drug-likeness (QED) is 0.0717. The van der Waals surface area contributed by atoms with Crippen molar-refractivity contribution in [2.45, 2.75) is 91.5 Å². The highest BCUT2D eigenvalue weighted by atomic mass is 32.1. The van der Waals surface area contributed by atoms with Crippen molar-refractivity contribution in [3.63, 3.8) is 0 Å². The minimum atomic E-state index is -1.18. The number of hydrogen-bond donors (Lipinski definition) is 1. The third-order valence-electron chi connectivity index (χ3n) is 8.45. The molecule has 0 radical (unpaired) electrons. The van der Waals surface area contributed by atoms with Gasteiger partial charge in [0.05, 0.1) is 0 Å². The molecule has 228 valence electrons. The summed E-state index contributed by atoms with van der Waals surface area (Å²) in [7, 11) is 0. The summed E-state index contributed by atoms with van der Waals surface area (Å²) in [5.41, 5.74) is 6.24. The van der Waals surface area contributed by atoms with Crippen LogP contribution in [0.15, 0.2) is 60.2 Å².